The van der Waals surface area contributed by atoms with Crippen LogP contribution in [0.5, 0.6) is 0 Å². The van der Waals surface area contributed by atoms with Gasteiger partial charge < -0.3 is 10.5 Å². The highest BCUT2D eigenvalue weighted by atomic mass is 32.2. The molecule has 2 heterocycles. The van der Waals surface area contributed by atoms with E-state index >= 15 is 0 Å². The van der Waals surface area contributed by atoms with Gasteiger partial charge in [-0.25, -0.2) is 28.4 Å². The molecule has 0 bridgehead atoms. The molecule has 2 rings (SSSR count). The molecule has 0 amide bonds. The third-order valence-corrected chi connectivity index (χ3v) is 4.02. The zero-order valence-electron chi connectivity index (χ0n) is 14.3. The first-order valence-corrected chi connectivity index (χ1v) is 9.45. The molecule has 0 unspecified atom stereocenters. The molecule has 136 valence electrons. The van der Waals surface area contributed by atoms with E-state index in [0.717, 1.165) is 6.26 Å². The van der Waals surface area contributed by atoms with Crippen molar-refractivity contribution in [2.24, 2.45) is 0 Å². The van der Waals surface area contributed by atoms with Gasteiger partial charge in [-0.05, 0) is 19.1 Å². The number of ether oxygens (including phenoxy) is 1. The van der Waals surface area contributed by atoms with E-state index in [9.17, 15) is 8.42 Å². The number of hydrogen-bond acceptors (Lipinski definition) is 9. The van der Waals surface area contributed by atoms with Crippen molar-refractivity contribution in [1.29, 1.82) is 0 Å². The summed E-state index contributed by atoms with van der Waals surface area (Å²) >= 11 is 0. The molecule has 25 heavy (non-hydrogen) atoms. The second-order valence-corrected chi connectivity index (χ2v) is 7.00. The SMILES string of the molecule is CCOCCN(OC)c1cccc(-c2cc(N)nc(S(C)(=O)=O)n2)n1. The van der Waals surface area contributed by atoms with E-state index < -0.39 is 9.84 Å². The fourth-order valence-electron chi connectivity index (χ4n) is 2.04. The minimum absolute atomic E-state index is 0.0533. The Morgan fingerprint density at radius 2 is 1.96 bits per heavy atom. The van der Waals surface area contributed by atoms with Crippen LogP contribution in [0.3, 0.4) is 0 Å². The Hall–Kier alpha value is -2.30. The summed E-state index contributed by atoms with van der Waals surface area (Å²) < 4.78 is 28.7. The van der Waals surface area contributed by atoms with Crippen LogP contribution in [-0.4, -0.2) is 56.5 Å². The Balaban J connectivity index is 2.36. The Bertz CT molecular complexity index is 828. The van der Waals surface area contributed by atoms with Crippen LogP contribution in [0.2, 0.25) is 0 Å². The molecule has 2 N–H and O–H groups in total. The number of sulfone groups is 1. The summed E-state index contributed by atoms with van der Waals surface area (Å²) in [6.45, 7) is 3.49. The van der Waals surface area contributed by atoms with E-state index in [0.29, 0.717) is 37.0 Å². The molecule has 10 heteroatoms. The molecule has 0 aliphatic heterocycles. The fourth-order valence-corrected chi connectivity index (χ4v) is 2.57. The van der Waals surface area contributed by atoms with Crippen molar-refractivity contribution in [2.45, 2.75) is 12.1 Å². The van der Waals surface area contributed by atoms with Gasteiger partial charge in [0.25, 0.3) is 0 Å². The summed E-state index contributed by atoms with van der Waals surface area (Å²) in [6, 6.07) is 6.70. The number of hydroxylamine groups is 1. The molecule has 0 atom stereocenters. The van der Waals surface area contributed by atoms with Crippen molar-refractivity contribution in [3.05, 3.63) is 24.3 Å². The van der Waals surface area contributed by atoms with Gasteiger partial charge >= 0.3 is 0 Å². The van der Waals surface area contributed by atoms with Crippen molar-refractivity contribution in [1.82, 2.24) is 15.0 Å². The maximum absolute atomic E-state index is 11.7. The number of nitrogens with zero attached hydrogens (tertiary/aromatic N) is 4. The molecule has 2 aromatic rings. The first-order chi connectivity index (χ1) is 11.8. The smallest absolute Gasteiger partial charge is 0.249 e. The highest BCUT2D eigenvalue weighted by Crippen LogP contribution is 2.21. The average molecular weight is 367 g/mol. The number of nitrogens with two attached hydrogens (primary N) is 1. The number of nitrogen functional groups attached to an aromatic ring is 1. The molecule has 0 spiro atoms. The lowest BCUT2D eigenvalue weighted by atomic mass is 10.2. The molecule has 2 aromatic heterocycles. The summed E-state index contributed by atoms with van der Waals surface area (Å²) in [6.07, 6.45) is 1.02. The van der Waals surface area contributed by atoms with Gasteiger partial charge in [0.1, 0.15) is 5.82 Å². The maximum Gasteiger partial charge on any atom is 0.249 e. The Morgan fingerprint density at radius 1 is 1.20 bits per heavy atom. The van der Waals surface area contributed by atoms with Crippen LogP contribution in [-0.2, 0) is 19.4 Å². The van der Waals surface area contributed by atoms with Gasteiger partial charge in [0.2, 0.25) is 15.0 Å². The van der Waals surface area contributed by atoms with E-state index in [1.807, 2.05) is 6.92 Å². The first kappa shape index (κ1) is 19.0. The molecule has 0 saturated heterocycles. The van der Waals surface area contributed by atoms with E-state index in [1.54, 1.807) is 23.3 Å². The number of aromatic nitrogens is 3. The summed E-state index contributed by atoms with van der Waals surface area (Å²) in [5, 5.41) is 1.23. The van der Waals surface area contributed by atoms with E-state index in [1.165, 1.54) is 13.2 Å². The second kappa shape index (κ2) is 8.19. The molecule has 0 aliphatic rings. The predicted octanol–water partition coefficient (Wildman–Crippen LogP) is 0.929. The molecule has 0 radical (unpaired) electrons. The monoisotopic (exact) mass is 367 g/mol. The van der Waals surface area contributed by atoms with Crippen molar-refractivity contribution in [3.63, 3.8) is 0 Å². The first-order valence-electron chi connectivity index (χ1n) is 7.56. The zero-order valence-corrected chi connectivity index (χ0v) is 15.2. The van der Waals surface area contributed by atoms with Gasteiger partial charge in [-0.15, -0.1) is 0 Å². The van der Waals surface area contributed by atoms with E-state index in [4.69, 9.17) is 15.3 Å². The predicted molar refractivity (Wildman–Crippen MR) is 93.6 cm³/mol. The lowest BCUT2D eigenvalue weighted by molar-refractivity contribution is 0.107. The van der Waals surface area contributed by atoms with Gasteiger partial charge in [0.15, 0.2) is 5.82 Å². The Labute approximate surface area is 146 Å². The Kier molecular flexibility index (Phi) is 6.23. The van der Waals surface area contributed by atoms with Crippen LogP contribution in [0.25, 0.3) is 11.4 Å². The average Bonchev–Trinajstić information content (AvgIpc) is 2.57. The van der Waals surface area contributed by atoms with Gasteiger partial charge in [-0.2, -0.15) is 0 Å². The molecule has 9 nitrogen and oxygen atoms in total. The van der Waals surface area contributed by atoms with Gasteiger partial charge in [0, 0.05) is 18.9 Å². The number of hydrogen-bond donors (Lipinski definition) is 1. The standard InChI is InChI=1S/C15H21N5O4S/c1-4-24-9-8-20(23-2)14-7-5-6-11(17-14)12-10-13(16)19-15(18-12)25(3,21)22/h5-7,10H,4,8-9H2,1-3H3,(H2,16,18,19). The number of rotatable bonds is 8. The minimum atomic E-state index is -3.58. The highest BCUT2D eigenvalue weighted by Gasteiger charge is 2.16. The molecule has 0 aliphatic carbocycles. The van der Waals surface area contributed by atoms with Crippen LogP contribution in [0.15, 0.2) is 29.4 Å². The Morgan fingerprint density at radius 3 is 2.60 bits per heavy atom. The quantitative estimate of drug-likeness (QED) is 0.412. The van der Waals surface area contributed by atoms with Crippen molar-refractivity contribution in [3.8, 4) is 11.4 Å². The minimum Gasteiger partial charge on any atom is -0.384 e. The summed E-state index contributed by atoms with van der Waals surface area (Å²) in [5.41, 5.74) is 6.47. The molecular formula is C15H21N5O4S. The van der Waals surface area contributed by atoms with Crippen LogP contribution in [0.1, 0.15) is 6.92 Å². The normalized spacial score (nSPS) is 11.5. The van der Waals surface area contributed by atoms with E-state index in [-0.39, 0.29) is 11.0 Å². The lowest BCUT2D eigenvalue weighted by Crippen LogP contribution is -2.27. The third-order valence-electron chi connectivity index (χ3n) is 3.17. The zero-order chi connectivity index (χ0) is 18.4. The second-order valence-electron chi connectivity index (χ2n) is 5.10. The summed E-state index contributed by atoms with van der Waals surface area (Å²) in [5.74, 6) is 0.593. The highest BCUT2D eigenvalue weighted by molar-refractivity contribution is 7.90. The lowest BCUT2D eigenvalue weighted by Gasteiger charge is -2.20. The summed E-state index contributed by atoms with van der Waals surface area (Å²) in [7, 11) is -2.05. The van der Waals surface area contributed by atoms with Crippen molar-refractivity contribution in [2.75, 3.05) is 43.9 Å². The van der Waals surface area contributed by atoms with Crippen molar-refractivity contribution >= 4 is 21.5 Å². The van der Waals surface area contributed by atoms with Crippen LogP contribution in [0.4, 0.5) is 11.6 Å². The fraction of sp³-hybridized carbons (Fsp3) is 0.400. The topological polar surface area (TPSA) is 121 Å². The van der Waals surface area contributed by atoms with Gasteiger partial charge in [-0.1, -0.05) is 6.07 Å². The number of anilines is 2. The largest absolute Gasteiger partial charge is 0.384 e. The molecule has 0 saturated carbocycles. The number of pyridine rings is 1. The van der Waals surface area contributed by atoms with Crippen LogP contribution >= 0.6 is 0 Å². The third kappa shape index (κ3) is 5.08. The maximum atomic E-state index is 11.7. The van der Waals surface area contributed by atoms with Crippen molar-refractivity contribution < 1.29 is 18.0 Å². The molecule has 0 aromatic carbocycles. The van der Waals surface area contributed by atoms with Gasteiger partial charge in [-0.3, -0.25) is 4.84 Å². The molecule has 0 fully saturated rings. The van der Waals surface area contributed by atoms with E-state index in [2.05, 4.69) is 15.0 Å². The molecular weight excluding hydrogens is 346 g/mol. The van der Waals surface area contributed by atoms with Crippen LogP contribution < -0.4 is 10.8 Å². The van der Waals surface area contributed by atoms with Crippen LogP contribution in [0, 0.1) is 0 Å². The summed E-state index contributed by atoms with van der Waals surface area (Å²) in [4.78, 5) is 17.6. The van der Waals surface area contributed by atoms with Gasteiger partial charge in [0.05, 0.1) is 31.6 Å².